The van der Waals surface area contributed by atoms with Crippen LogP contribution in [0.15, 0.2) is 35.1 Å². The Morgan fingerprint density at radius 2 is 2.17 bits per heavy atom. The maximum atomic E-state index is 4.22. The molecule has 0 atom stereocenters. The number of nitrogens with one attached hydrogen (secondary N) is 1. The monoisotopic (exact) mass is 334 g/mol. The fourth-order valence-corrected chi connectivity index (χ4v) is 3.67. The average Bonchev–Trinajstić information content (AvgIpc) is 2.97. The van der Waals surface area contributed by atoms with Crippen LogP contribution in [0.3, 0.4) is 0 Å². The van der Waals surface area contributed by atoms with Crippen LogP contribution in [0.1, 0.15) is 38.7 Å². The van der Waals surface area contributed by atoms with E-state index in [-0.39, 0.29) is 0 Å². The SMILES string of the molecule is CN/C(C)=C(\C=C\CCc1cnn(C)c1)SN1CCC(C)CC1. The van der Waals surface area contributed by atoms with E-state index < -0.39 is 0 Å². The molecule has 2 rings (SSSR count). The van der Waals surface area contributed by atoms with Crippen LogP contribution >= 0.6 is 11.9 Å². The number of hydrogen-bond acceptors (Lipinski definition) is 4. The quantitative estimate of drug-likeness (QED) is 0.608. The molecular weight excluding hydrogens is 304 g/mol. The molecule has 1 N–H and O–H groups in total. The number of aromatic nitrogens is 2. The Morgan fingerprint density at radius 3 is 2.78 bits per heavy atom. The van der Waals surface area contributed by atoms with Crippen molar-refractivity contribution in [2.45, 2.75) is 39.5 Å². The van der Waals surface area contributed by atoms with Crippen LogP contribution in [0, 0.1) is 5.92 Å². The van der Waals surface area contributed by atoms with Gasteiger partial charge in [-0.2, -0.15) is 5.10 Å². The first-order valence-electron chi connectivity index (χ1n) is 8.54. The molecule has 0 unspecified atom stereocenters. The summed E-state index contributed by atoms with van der Waals surface area (Å²) in [5.41, 5.74) is 2.54. The molecule has 2 heterocycles. The number of hydrogen-bond donors (Lipinski definition) is 1. The third-order valence-electron chi connectivity index (χ3n) is 4.34. The van der Waals surface area contributed by atoms with Crippen LogP contribution in [-0.2, 0) is 13.5 Å². The fourth-order valence-electron chi connectivity index (χ4n) is 2.60. The van der Waals surface area contributed by atoms with Gasteiger partial charge in [0.2, 0.25) is 0 Å². The Labute approximate surface area is 145 Å². The molecular formula is C18H30N4S. The first-order valence-corrected chi connectivity index (χ1v) is 9.31. The van der Waals surface area contributed by atoms with E-state index in [1.54, 1.807) is 0 Å². The molecule has 0 spiro atoms. The molecule has 0 bridgehead atoms. The molecule has 1 fully saturated rings. The van der Waals surface area contributed by atoms with Crippen molar-refractivity contribution in [2.75, 3.05) is 20.1 Å². The molecule has 4 nitrogen and oxygen atoms in total. The first kappa shape index (κ1) is 18.1. The molecule has 1 aliphatic heterocycles. The summed E-state index contributed by atoms with van der Waals surface area (Å²) in [6.45, 7) is 6.89. The van der Waals surface area contributed by atoms with Crippen molar-refractivity contribution in [2.24, 2.45) is 13.0 Å². The molecule has 0 saturated carbocycles. The van der Waals surface area contributed by atoms with Crippen molar-refractivity contribution < 1.29 is 0 Å². The Bertz CT molecular complexity index is 539. The summed E-state index contributed by atoms with van der Waals surface area (Å²) < 4.78 is 4.37. The third-order valence-corrected chi connectivity index (χ3v) is 5.60. The van der Waals surface area contributed by atoms with Gasteiger partial charge in [-0.05, 0) is 62.1 Å². The number of aryl methyl sites for hydroxylation is 2. The predicted molar refractivity (Wildman–Crippen MR) is 100.0 cm³/mol. The minimum Gasteiger partial charge on any atom is -0.391 e. The standard InChI is InChI=1S/C18H30N4S/c1-15-9-11-22(12-10-15)23-18(16(2)19-3)8-6-5-7-17-13-20-21(4)14-17/h6,8,13-15,19H,5,7,9-12H2,1-4H3/b8-6+,18-16+. The molecule has 0 aliphatic carbocycles. The van der Waals surface area contributed by atoms with Gasteiger partial charge in [0, 0.05) is 44.0 Å². The van der Waals surface area contributed by atoms with Crippen LogP contribution in [-0.4, -0.2) is 34.2 Å². The summed E-state index contributed by atoms with van der Waals surface area (Å²) in [7, 11) is 3.96. The summed E-state index contributed by atoms with van der Waals surface area (Å²) in [5, 5.41) is 7.51. The van der Waals surface area contributed by atoms with E-state index in [4.69, 9.17) is 0 Å². The van der Waals surface area contributed by atoms with Crippen molar-refractivity contribution in [3.63, 3.8) is 0 Å². The van der Waals surface area contributed by atoms with E-state index in [9.17, 15) is 0 Å². The highest BCUT2D eigenvalue weighted by molar-refractivity contribution is 8.01. The summed E-state index contributed by atoms with van der Waals surface area (Å²) in [4.78, 5) is 1.33. The van der Waals surface area contributed by atoms with Crippen LogP contribution in [0.5, 0.6) is 0 Å². The highest BCUT2D eigenvalue weighted by Gasteiger charge is 2.17. The largest absolute Gasteiger partial charge is 0.391 e. The Hall–Kier alpha value is -1.20. The van der Waals surface area contributed by atoms with Crippen LogP contribution in [0.25, 0.3) is 0 Å². The van der Waals surface area contributed by atoms with E-state index in [0.717, 1.165) is 18.8 Å². The van der Waals surface area contributed by atoms with Gasteiger partial charge >= 0.3 is 0 Å². The van der Waals surface area contributed by atoms with Gasteiger partial charge in [-0.15, -0.1) is 0 Å². The molecule has 0 amide bonds. The normalized spacial score (nSPS) is 18.4. The Kier molecular flexibility index (Phi) is 7.24. The lowest BCUT2D eigenvalue weighted by Crippen LogP contribution is -2.27. The maximum Gasteiger partial charge on any atom is 0.0521 e. The third kappa shape index (κ3) is 6.07. The van der Waals surface area contributed by atoms with Crippen LogP contribution < -0.4 is 5.32 Å². The second-order valence-electron chi connectivity index (χ2n) is 6.41. The average molecular weight is 335 g/mol. The first-order chi connectivity index (χ1) is 11.1. The molecule has 1 saturated heterocycles. The van der Waals surface area contributed by atoms with Gasteiger partial charge in [0.05, 0.1) is 6.20 Å². The highest BCUT2D eigenvalue weighted by atomic mass is 32.2. The van der Waals surface area contributed by atoms with E-state index in [0.29, 0.717) is 0 Å². The zero-order chi connectivity index (χ0) is 16.7. The summed E-state index contributed by atoms with van der Waals surface area (Å²) in [5.74, 6) is 0.875. The maximum absolute atomic E-state index is 4.22. The lowest BCUT2D eigenvalue weighted by molar-refractivity contribution is 0.309. The van der Waals surface area contributed by atoms with Gasteiger partial charge in [-0.1, -0.05) is 13.0 Å². The van der Waals surface area contributed by atoms with Crippen molar-refractivity contribution in [3.05, 3.63) is 40.7 Å². The summed E-state index contributed by atoms with van der Waals surface area (Å²) in [6.07, 6.45) is 13.3. The lowest BCUT2D eigenvalue weighted by atomic mass is 10.0. The van der Waals surface area contributed by atoms with Crippen molar-refractivity contribution in [1.29, 1.82) is 0 Å². The molecule has 0 radical (unpaired) electrons. The minimum atomic E-state index is 0.875. The number of nitrogens with zero attached hydrogens (tertiary/aromatic N) is 3. The zero-order valence-electron chi connectivity index (χ0n) is 14.9. The van der Waals surface area contributed by atoms with Gasteiger partial charge in [-0.25, -0.2) is 4.31 Å². The number of allylic oxidation sites excluding steroid dienone is 3. The smallest absolute Gasteiger partial charge is 0.0521 e. The van der Waals surface area contributed by atoms with Crippen LogP contribution in [0.2, 0.25) is 0 Å². The van der Waals surface area contributed by atoms with E-state index in [1.807, 2.05) is 36.9 Å². The number of piperidine rings is 1. The summed E-state index contributed by atoms with van der Waals surface area (Å²) >= 11 is 1.90. The van der Waals surface area contributed by atoms with Gasteiger partial charge in [-0.3, -0.25) is 4.68 Å². The Balaban J connectivity index is 1.87. The molecule has 128 valence electrons. The molecule has 1 aromatic heterocycles. The van der Waals surface area contributed by atoms with Gasteiger partial charge in [0.1, 0.15) is 0 Å². The fraction of sp³-hybridized carbons (Fsp3) is 0.611. The zero-order valence-corrected chi connectivity index (χ0v) is 15.7. The van der Waals surface area contributed by atoms with Gasteiger partial charge in [0.15, 0.2) is 0 Å². The van der Waals surface area contributed by atoms with E-state index >= 15 is 0 Å². The second kappa shape index (κ2) is 9.18. The molecule has 23 heavy (non-hydrogen) atoms. The van der Waals surface area contributed by atoms with E-state index in [1.165, 1.54) is 42.1 Å². The van der Waals surface area contributed by atoms with Gasteiger partial charge < -0.3 is 5.32 Å². The van der Waals surface area contributed by atoms with E-state index in [2.05, 4.69) is 46.9 Å². The minimum absolute atomic E-state index is 0.875. The predicted octanol–water partition coefficient (Wildman–Crippen LogP) is 3.74. The molecule has 1 aliphatic rings. The molecule has 5 heteroatoms. The van der Waals surface area contributed by atoms with Crippen LogP contribution in [0.4, 0.5) is 0 Å². The second-order valence-corrected chi connectivity index (χ2v) is 7.54. The van der Waals surface area contributed by atoms with Crippen molar-refractivity contribution in [3.8, 4) is 0 Å². The lowest BCUT2D eigenvalue weighted by Gasteiger charge is -2.29. The van der Waals surface area contributed by atoms with Gasteiger partial charge in [0.25, 0.3) is 0 Å². The highest BCUT2D eigenvalue weighted by Crippen LogP contribution is 2.29. The topological polar surface area (TPSA) is 33.1 Å². The summed E-state index contributed by atoms with van der Waals surface area (Å²) in [6, 6.07) is 0. The molecule has 1 aromatic rings. The van der Waals surface area contributed by atoms with Crippen molar-refractivity contribution >= 4 is 11.9 Å². The molecule has 0 aromatic carbocycles. The Morgan fingerprint density at radius 1 is 1.43 bits per heavy atom. The van der Waals surface area contributed by atoms with Crippen molar-refractivity contribution in [1.82, 2.24) is 19.4 Å². The number of rotatable bonds is 7.